The van der Waals surface area contributed by atoms with Crippen LogP contribution in [0.3, 0.4) is 0 Å². The molecular formula is C20H20N6. The first-order valence-corrected chi connectivity index (χ1v) is 8.20. The van der Waals surface area contributed by atoms with E-state index in [1.54, 1.807) is 18.6 Å². The van der Waals surface area contributed by atoms with E-state index in [2.05, 4.69) is 30.4 Å². The second kappa shape index (κ2) is 8.53. The molecule has 0 radical (unpaired) electrons. The lowest BCUT2D eigenvalue weighted by atomic mass is 10.2. The summed E-state index contributed by atoms with van der Waals surface area (Å²) in [5, 5.41) is 4.30. The van der Waals surface area contributed by atoms with Crippen LogP contribution in [0.5, 0.6) is 0 Å². The molecule has 0 bridgehead atoms. The molecule has 1 N–H and O–H groups in total. The predicted octanol–water partition coefficient (Wildman–Crippen LogP) is 3.24. The highest BCUT2D eigenvalue weighted by Gasteiger charge is 2.04. The Hall–Kier alpha value is -3.54. The molecular weight excluding hydrogens is 324 g/mol. The second-order valence-electron chi connectivity index (χ2n) is 5.72. The van der Waals surface area contributed by atoms with E-state index in [9.17, 15) is 0 Å². The fraction of sp³-hybridized carbons (Fsp3) is 0.100. The maximum absolute atomic E-state index is 4.51. The van der Waals surface area contributed by atoms with Crippen LogP contribution < -0.4 is 10.3 Å². The van der Waals surface area contributed by atoms with Crippen LogP contribution >= 0.6 is 0 Å². The minimum Gasteiger partial charge on any atom is -0.378 e. The number of hydrogen-bond acceptors (Lipinski definition) is 5. The zero-order valence-corrected chi connectivity index (χ0v) is 14.7. The van der Waals surface area contributed by atoms with Gasteiger partial charge in [0, 0.05) is 32.2 Å². The lowest BCUT2D eigenvalue weighted by Crippen LogP contribution is -2.20. The van der Waals surface area contributed by atoms with Crippen molar-refractivity contribution in [1.29, 1.82) is 0 Å². The number of amidine groups is 1. The summed E-state index contributed by atoms with van der Waals surface area (Å²) in [6, 6.07) is 19.3. The molecule has 0 saturated carbocycles. The maximum atomic E-state index is 4.51. The van der Waals surface area contributed by atoms with E-state index in [1.165, 1.54) is 0 Å². The third kappa shape index (κ3) is 4.73. The molecule has 0 amide bonds. The van der Waals surface area contributed by atoms with Crippen LogP contribution in [-0.2, 0) is 0 Å². The Balaban J connectivity index is 1.79. The van der Waals surface area contributed by atoms with Crippen LogP contribution in [0.15, 0.2) is 83.2 Å². The monoisotopic (exact) mass is 344 g/mol. The Morgan fingerprint density at radius 3 is 2.27 bits per heavy atom. The Kier molecular flexibility index (Phi) is 5.67. The zero-order valence-electron chi connectivity index (χ0n) is 14.7. The first-order chi connectivity index (χ1) is 12.7. The fourth-order valence-corrected chi connectivity index (χ4v) is 2.20. The van der Waals surface area contributed by atoms with Crippen LogP contribution in [0, 0.1) is 0 Å². The molecule has 2 aromatic heterocycles. The van der Waals surface area contributed by atoms with E-state index in [0.717, 1.165) is 11.3 Å². The van der Waals surface area contributed by atoms with Gasteiger partial charge in [0.1, 0.15) is 5.69 Å². The number of hydrazone groups is 1. The number of hydrogen-bond donors (Lipinski definition) is 1. The van der Waals surface area contributed by atoms with Gasteiger partial charge in [0.2, 0.25) is 0 Å². The first-order valence-electron chi connectivity index (χ1n) is 8.20. The topological polar surface area (TPSA) is 65.8 Å². The van der Waals surface area contributed by atoms with Gasteiger partial charge in [0.05, 0.1) is 6.21 Å². The molecule has 0 spiro atoms. The minimum absolute atomic E-state index is 0.533. The average molecular weight is 344 g/mol. The molecule has 3 aromatic rings. The summed E-state index contributed by atoms with van der Waals surface area (Å²) in [4.78, 5) is 15.1. The standard InChI is InChI=1S/C20H20N6/c1-26(2)17-11-9-16(10-12-17)15-23-25-20(18-7-3-5-13-21-18)24-19-8-4-6-14-22-19/h3-15H,1-2H3,(H,22,24,25)/b23-15-. The third-order valence-corrected chi connectivity index (χ3v) is 3.58. The SMILES string of the molecule is CN(C)c1ccc(/C=N\NC(=Nc2ccccn2)c2ccccn2)cc1. The van der Waals surface area contributed by atoms with Crippen molar-refractivity contribution in [3.05, 3.63) is 84.3 Å². The van der Waals surface area contributed by atoms with E-state index in [1.807, 2.05) is 74.8 Å². The number of benzene rings is 1. The molecule has 6 nitrogen and oxygen atoms in total. The molecule has 0 aliphatic carbocycles. The van der Waals surface area contributed by atoms with Crippen molar-refractivity contribution in [2.45, 2.75) is 0 Å². The van der Waals surface area contributed by atoms with Gasteiger partial charge in [-0.2, -0.15) is 5.10 Å². The van der Waals surface area contributed by atoms with Gasteiger partial charge in [-0.1, -0.05) is 24.3 Å². The van der Waals surface area contributed by atoms with Crippen molar-refractivity contribution in [2.24, 2.45) is 10.1 Å². The molecule has 2 heterocycles. The normalized spacial score (nSPS) is 11.5. The predicted molar refractivity (Wildman–Crippen MR) is 106 cm³/mol. The number of nitrogens with zero attached hydrogens (tertiary/aromatic N) is 5. The van der Waals surface area contributed by atoms with E-state index >= 15 is 0 Å². The number of aliphatic imine (C=N–C) groups is 1. The molecule has 0 atom stereocenters. The highest BCUT2D eigenvalue weighted by Crippen LogP contribution is 2.11. The van der Waals surface area contributed by atoms with Gasteiger partial charge in [-0.25, -0.2) is 9.98 Å². The molecule has 0 aliphatic rings. The number of anilines is 1. The molecule has 0 fully saturated rings. The van der Waals surface area contributed by atoms with Gasteiger partial charge in [0.25, 0.3) is 0 Å². The summed E-state index contributed by atoms with van der Waals surface area (Å²) in [6.07, 6.45) is 5.16. The van der Waals surface area contributed by atoms with Crippen molar-refractivity contribution in [3.63, 3.8) is 0 Å². The molecule has 0 unspecified atom stereocenters. The van der Waals surface area contributed by atoms with Crippen molar-refractivity contribution in [2.75, 3.05) is 19.0 Å². The van der Waals surface area contributed by atoms with Crippen molar-refractivity contribution < 1.29 is 0 Å². The largest absolute Gasteiger partial charge is 0.378 e. The average Bonchev–Trinajstić information content (AvgIpc) is 2.69. The highest BCUT2D eigenvalue weighted by atomic mass is 15.3. The van der Waals surface area contributed by atoms with Crippen LogP contribution in [0.4, 0.5) is 11.5 Å². The van der Waals surface area contributed by atoms with E-state index in [0.29, 0.717) is 17.3 Å². The Labute approximate surface area is 153 Å². The molecule has 0 saturated heterocycles. The van der Waals surface area contributed by atoms with Gasteiger partial charge in [-0.15, -0.1) is 0 Å². The number of pyridine rings is 2. The van der Waals surface area contributed by atoms with E-state index in [-0.39, 0.29) is 0 Å². The number of aromatic nitrogens is 2. The van der Waals surface area contributed by atoms with Crippen LogP contribution in [-0.4, -0.2) is 36.1 Å². The van der Waals surface area contributed by atoms with Gasteiger partial charge in [0.15, 0.2) is 11.7 Å². The Bertz CT molecular complexity index is 871. The molecule has 0 aliphatic heterocycles. The highest BCUT2D eigenvalue weighted by molar-refractivity contribution is 5.98. The van der Waals surface area contributed by atoms with Crippen molar-refractivity contribution in [1.82, 2.24) is 15.4 Å². The van der Waals surface area contributed by atoms with Crippen molar-refractivity contribution in [3.8, 4) is 0 Å². The number of nitrogens with one attached hydrogen (secondary N) is 1. The van der Waals surface area contributed by atoms with Crippen LogP contribution in [0.25, 0.3) is 0 Å². The summed E-state index contributed by atoms with van der Waals surface area (Å²) in [7, 11) is 4.02. The summed E-state index contributed by atoms with van der Waals surface area (Å²) in [6.45, 7) is 0. The maximum Gasteiger partial charge on any atom is 0.174 e. The van der Waals surface area contributed by atoms with E-state index in [4.69, 9.17) is 0 Å². The summed E-state index contributed by atoms with van der Waals surface area (Å²) >= 11 is 0. The summed E-state index contributed by atoms with van der Waals surface area (Å²) in [5.74, 6) is 1.12. The fourth-order valence-electron chi connectivity index (χ4n) is 2.20. The van der Waals surface area contributed by atoms with Crippen molar-refractivity contribution >= 4 is 23.6 Å². The van der Waals surface area contributed by atoms with E-state index < -0.39 is 0 Å². The molecule has 130 valence electrons. The lowest BCUT2D eigenvalue weighted by molar-refractivity contribution is 1.01. The lowest BCUT2D eigenvalue weighted by Gasteiger charge is -2.11. The summed E-state index contributed by atoms with van der Waals surface area (Å²) < 4.78 is 0. The number of rotatable bonds is 5. The first kappa shape index (κ1) is 17.3. The van der Waals surface area contributed by atoms with Crippen LogP contribution in [0.1, 0.15) is 11.3 Å². The van der Waals surface area contributed by atoms with Gasteiger partial charge in [-0.05, 0) is 42.0 Å². The van der Waals surface area contributed by atoms with Gasteiger partial charge >= 0.3 is 0 Å². The molecule has 26 heavy (non-hydrogen) atoms. The van der Waals surface area contributed by atoms with Gasteiger partial charge in [-0.3, -0.25) is 10.4 Å². The second-order valence-corrected chi connectivity index (χ2v) is 5.72. The Morgan fingerprint density at radius 1 is 0.923 bits per heavy atom. The molecule has 6 heteroatoms. The molecule has 1 aromatic carbocycles. The minimum atomic E-state index is 0.533. The summed E-state index contributed by atoms with van der Waals surface area (Å²) in [5.41, 5.74) is 5.80. The van der Waals surface area contributed by atoms with Gasteiger partial charge < -0.3 is 4.90 Å². The Morgan fingerprint density at radius 2 is 1.65 bits per heavy atom. The quantitative estimate of drug-likeness (QED) is 0.438. The third-order valence-electron chi connectivity index (χ3n) is 3.58. The smallest absolute Gasteiger partial charge is 0.174 e. The van der Waals surface area contributed by atoms with Crippen LogP contribution in [0.2, 0.25) is 0 Å². The zero-order chi connectivity index (χ0) is 18.2. The molecule has 3 rings (SSSR count).